The first-order valence-corrected chi connectivity index (χ1v) is 4.61. The highest BCUT2D eigenvalue weighted by Crippen LogP contribution is 2.26. The minimum Gasteiger partial charge on any atom is -0.487 e. The van der Waals surface area contributed by atoms with Crippen molar-refractivity contribution in [3.8, 4) is 5.75 Å². The van der Waals surface area contributed by atoms with Gasteiger partial charge in [0.1, 0.15) is 10.9 Å². The minimum absolute atomic E-state index is 0.0142. The summed E-state index contributed by atoms with van der Waals surface area (Å²) >= 11 is 5.50. The first-order chi connectivity index (χ1) is 7.33. The Morgan fingerprint density at radius 2 is 2.12 bits per heavy atom. The van der Waals surface area contributed by atoms with Crippen molar-refractivity contribution in [2.75, 3.05) is 6.61 Å². The Morgan fingerprint density at radius 1 is 1.50 bits per heavy atom. The summed E-state index contributed by atoms with van der Waals surface area (Å²) in [6, 6.07) is 1.19. The molecule has 16 heavy (non-hydrogen) atoms. The van der Waals surface area contributed by atoms with Crippen molar-refractivity contribution in [3.63, 3.8) is 0 Å². The molecule has 0 aromatic carbocycles. The van der Waals surface area contributed by atoms with Crippen LogP contribution in [0.25, 0.3) is 0 Å². The van der Waals surface area contributed by atoms with Gasteiger partial charge in [-0.05, 0) is 6.92 Å². The molecule has 0 unspecified atom stereocenters. The lowest BCUT2D eigenvalue weighted by molar-refractivity contribution is -0.148. The summed E-state index contributed by atoms with van der Waals surface area (Å²) in [6.45, 7) is 0.144. The standard InChI is InChI=1S/C9H8ClF4NO/c1-5-3-15-7(10)2-6(5)16-4-9(13,14)8(11)12/h2-3,8H,4H2,1H3. The SMILES string of the molecule is Cc1cnc(Cl)cc1OCC(F)(F)C(F)F. The molecule has 0 saturated heterocycles. The monoisotopic (exact) mass is 257 g/mol. The van der Waals surface area contributed by atoms with Gasteiger partial charge in [-0.3, -0.25) is 0 Å². The second-order valence-corrected chi connectivity index (χ2v) is 3.51. The van der Waals surface area contributed by atoms with Crippen molar-refractivity contribution >= 4 is 11.6 Å². The predicted molar refractivity (Wildman–Crippen MR) is 50.4 cm³/mol. The molecule has 0 aliphatic heterocycles. The molecule has 1 heterocycles. The van der Waals surface area contributed by atoms with E-state index in [0.717, 1.165) is 0 Å². The maximum atomic E-state index is 12.5. The van der Waals surface area contributed by atoms with Crippen molar-refractivity contribution in [2.24, 2.45) is 0 Å². The molecule has 0 aliphatic carbocycles. The Kier molecular flexibility index (Phi) is 3.96. The van der Waals surface area contributed by atoms with Gasteiger partial charge < -0.3 is 4.74 Å². The third kappa shape index (κ3) is 3.23. The van der Waals surface area contributed by atoms with Crippen molar-refractivity contribution in [3.05, 3.63) is 23.0 Å². The number of aryl methyl sites for hydroxylation is 1. The number of nitrogens with zero attached hydrogens (tertiary/aromatic N) is 1. The lowest BCUT2D eigenvalue weighted by Crippen LogP contribution is -2.33. The van der Waals surface area contributed by atoms with Crippen LogP contribution in [-0.4, -0.2) is 23.9 Å². The molecule has 0 spiro atoms. The van der Waals surface area contributed by atoms with Crippen LogP contribution in [0.5, 0.6) is 5.75 Å². The fourth-order valence-electron chi connectivity index (χ4n) is 0.874. The molecule has 1 aromatic rings. The Labute approximate surface area is 94.2 Å². The molecule has 0 aliphatic rings. The van der Waals surface area contributed by atoms with Crippen LogP contribution in [0.3, 0.4) is 0 Å². The molecule has 0 atom stereocenters. The number of aromatic nitrogens is 1. The van der Waals surface area contributed by atoms with Gasteiger partial charge in [0.2, 0.25) is 0 Å². The third-order valence-electron chi connectivity index (χ3n) is 1.76. The summed E-state index contributed by atoms with van der Waals surface area (Å²) in [4.78, 5) is 3.67. The molecular formula is C9H8ClF4NO. The molecule has 2 nitrogen and oxygen atoms in total. The zero-order valence-corrected chi connectivity index (χ0v) is 8.94. The number of hydrogen-bond donors (Lipinski definition) is 0. The number of alkyl halides is 4. The zero-order valence-electron chi connectivity index (χ0n) is 8.18. The molecule has 0 bridgehead atoms. The summed E-state index contributed by atoms with van der Waals surface area (Å²) in [7, 11) is 0. The summed E-state index contributed by atoms with van der Waals surface area (Å²) in [6.07, 6.45) is -2.46. The summed E-state index contributed by atoms with van der Waals surface area (Å²) in [5.41, 5.74) is 0.439. The van der Waals surface area contributed by atoms with Gasteiger partial charge in [0.25, 0.3) is 0 Å². The normalized spacial score (nSPS) is 11.9. The molecule has 1 rings (SSSR count). The number of pyridine rings is 1. The highest BCUT2D eigenvalue weighted by Gasteiger charge is 2.41. The Hall–Kier alpha value is -1.04. The minimum atomic E-state index is -4.18. The fourth-order valence-corrected chi connectivity index (χ4v) is 1.02. The Bertz CT molecular complexity index is 373. The highest BCUT2D eigenvalue weighted by molar-refractivity contribution is 6.29. The van der Waals surface area contributed by atoms with Crippen LogP contribution in [0, 0.1) is 6.92 Å². The maximum absolute atomic E-state index is 12.5. The molecular weight excluding hydrogens is 250 g/mol. The van der Waals surface area contributed by atoms with E-state index >= 15 is 0 Å². The summed E-state index contributed by atoms with van der Waals surface area (Å²) < 4.78 is 53.3. The van der Waals surface area contributed by atoms with Gasteiger partial charge in [0, 0.05) is 17.8 Å². The average molecular weight is 258 g/mol. The van der Waals surface area contributed by atoms with E-state index in [1.165, 1.54) is 12.3 Å². The first-order valence-electron chi connectivity index (χ1n) is 4.24. The number of hydrogen-bond acceptors (Lipinski definition) is 2. The smallest absolute Gasteiger partial charge is 0.340 e. The maximum Gasteiger partial charge on any atom is 0.340 e. The summed E-state index contributed by atoms with van der Waals surface area (Å²) in [5.74, 6) is -4.16. The van der Waals surface area contributed by atoms with Crippen molar-refractivity contribution in [2.45, 2.75) is 19.3 Å². The lowest BCUT2D eigenvalue weighted by atomic mass is 10.3. The van der Waals surface area contributed by atoms with E-state index in [9.17, 15) is 17.6 Å². The molecule has 1 aromatic heterocycles. The Morgan fingerprint density at radius 3 is 2.69 bits per heavy atom. The Balaban J connectivity index is 2.71. The van der Waals surface area contributed by atoms with Gasteiger partial charge >= 0.3 is 12.3 Å². The predicted octanol–water partition coefficient (Wildman–Crippen LogP) is 3.32. The molecule has 0 N–H and O–H groups in total. The molecule has 0 fully saturated rings. The number of rotatable bonds is 4. The quantitative estimate of drug-likeness (QED) is 0.610. The largest absolute Gasteiger partial charge is 0.487 e. The average Bonchev–Trinajstić information content (AvgIpc) is 2.19. The topological polar surface area (TPSA) is 22.1 Å². The third-order valence-corrected chi connectivity index (χ3v) is 1.97. The van der Waals surface area contributed by atoms with Crippen LogP contribution < -0.4 is 4.74 Å². The van der Waals surface area contributed by atoms with Gasteiger partial charge in [-0.2, -0.15) is 8.78 Å². The molecule has 0 amide bonds. The van der Waals surface area contributed by atoms with E-state index in [2.05, 4.69) is 9.72 Å². The van der Waals surface area contributed by atoms with E-state index in [0.29, 0.717) is 5.56 Å². The zero-order chi connectivity index (χ0) is 12.3. The van der Waals surface area contributed by atoms with E-state index in [1.807, 2.05) is 0 Å². The van der Waals surface area contributed by atoms with Crippen LogP contribution >= 0.6 is 11.6 Å². The van der Waals surface area contributed by atoms with Gasteiger partial charge in [0.05, 0.1) is 0 Å². The lowest BCUT2D eigenvalue weighted by Gasteiger charge is -2.16. The van der Waals surface area contributed by atoms with Crippen LogP contribution in [-0.2, 0) is 0 Å². The fraction of sp³-hybridized carbons (Fsp3) is 0.444. The van der Waals surface area contributed by atoms with Crippen LogP contribution in [0.2, 0.25) is 5.15 Å². The summed E-state index contributed by atoms with van der Waals surface area (Å²) in [5, 5.41) is 0.0426. The molecule has 0 radical (unpaired) electrons. The van der Waals surface area contributed by atoms with Gasteiger partial charge in [-0.25, -0.2) is 13.8 Å². The van der Waals surface area contributed by atoms with E-state index in [1.54, 1.807) is 6.92 Å². The van der Waals surface area contributed by atoms with Crippen molar-refractivity contribution in [1.82, 2.24) is 4.98 Å². The van der Waals surface area contributed by atoms with Crippen LogP contribution in [0.4, 0.5) is 17.6 Å². The molecule has 7 heteroatoms. The number of halogens is 5. The van der Waals surface area contributed by atoms with E-state index in [4.69, 9.17) is 11.6 Å². The highest BCUT2D eigenvalue weighted by atomic mass is 35.5. The van der Waals surface area contributed by atoms with Crippen LogP contribution in [0.15, 0.2) is 12.3 Å². The molecule has 0 saturated carbocycles. The second-order valence-electron chi connectivity index (χ2n) is 3.12. The van der Waals surface area contributed by atoms with E-state index in [-0.39, 0.29) is 10.9 Å². The molecule has 90 valence electrons. The van der Waals surface area contributed by atoms with Crippen LogP contribution in [0.1, 0.15) is 5.56 Å². The first kappa shape index (κ1) is 13.0. The second kappa shape index (κ2) is 4.86. The van der Waals surface area contributed by atoms with Gasteiger partial charge in [-0.15, -0.1) is 0 Å². The van der Waals surface area contributed by atoms with Gasteiger partial charge in [0.15, 0.2) is 6.61 Å². The van der Waals surface area contributed by atoms with Crippen molar-refractivity contribution < 1.29 is 22.3 Å². The van der Waals surface area contributed by atoms with E-state index < -0.39 is 19.0 Å². The van der Waals surface area contributed by atoms with Gasteiger partial charge in [-0.1, -0.05) is 11.6 Å². The van der Waals surface area contributed by atoms with Crippen molar-refractivity contribution in [1.29, 1.82) is 0 Å². The number of ether oxygens (including phenoxy) is 1.